The fourth-order valence-electron chi connectivity index (χ4n) is 4.31. The molecule has 1 amide bonds. The van der Waals surface area contributed by atoms with Crippen molar-refractivity contribution in [3.63, 3.8) is 0 Å². The number of carbonyl (C=O) groups excluding carboxylic acids is 2. The highest BCUT2D eigenvalue weighted by Crippen LogP contribution is 2.17. The van der Waals surface area contributed by atoms with Gasteiger partial charge in [-0.05, 0) is 70.6 Å². The molecule has 0 aromatic heterocycles. The van der Waals surface area contributed by atoms with E-state index >= 15 is 0 Å². The van der Waals surface area contributed by atoms with Crippen LogP contribution in [0.4, 0.5) is 0 Å². The van der Waals surface area contributed by atoms with Gasteiger partial charge in [0.2, 0.25) is 5.91 Å². The number of amides is 1. The molecule has 0 spiro atoms. The summed E-state index contributed by atoms with van der Waals surface area (Å²) in [6, 6.07) is 0. The van der Waals surface area contributed by atoms with Crippen LogP contribution in [0.1, 0.15) is 149 Å². The largest absolute Gasteiger partial charge is 0.480 e. The Hall–Kier alpha value is -2.11. The van der Waals surface area contributed by atoms with Crippen LogP contribution in [0.15, 0.2) is 24.3 Å². The number of unbranched alkanes of at least 4 members (excludes halogenated alkanes) is 12. The standard InChI is InChI=1S/C32H57NO5/c1-3-5-7-8-9-10-11-12-13-14-15-16-17-18-23-27-32(37)38-29(24-20-6-4-2)25-21-19-22-26-30(34)33-28-31(35)36/h9-10,12-13,29H,3-8,11,14-28H2,1-2H3,(H,33,34)(H,35,36)/b10-9-,13-12-. The van der Waals surface area contributed by atoms with Crippen LogP contribution in [-0.2, 0) is 19.1 Å². The molecule has 0 saturated heterocycles. The molecule has 0 bridgehead atoms. The first-order valence-corrected chi connectivity index (χ1v) is 15.5. The molecule has 0 fully saturated rings. The monoisotopic (exact) mass is 535 g/mol. The number of hydrogen-bond donors (Lipinski definition) is 2. The smallest absolute Gasteiger partial charge is 0.322 e. The minimum absolute atomic E-state index is 0.0344. The number of hydrogen-bond acceptors (Lipinski definition) is 4. The number of aliphatic carboxylic acids is 1. The van der Waals surface area contributed by atoms with Gasteiger partial charge in [0.05, 0.1) is 0 Å². The van der Waals surface area contributed by atoms with E-state index in [-0.39, 0.29) is 24.5 Å². The highest BCUT2D eigenvalue weighted by atomic mass is 16.5. The zero-order valence-electron chi connectivity index (χ0n) is 24.5. The molecule has 0 radical (unpaired) electrons. The molecule has 1 atom stereocenters. The molecule has 0 heterocycles. The average molecular weight is 536 g/mol. The zero-order valence-corrected chi connectivity index (χ0v) is 24.5. The Morgan fingerprint density at radius 2 is 1.21 bits per heavy atom. The van der Waals surface area contributed by atoms with Gasteiger partial charge in [-0.15, -0.1) is 0 Å². The minimum atomic E-state index is -1.03. The third-order valence-corrected chi connectivity index (χ3v) is 6.63. The van der Waals surface area contributed by atoms with Crippen LogP contribution in [-0.4, -0.2) is 35.6 Å². The minimum Gasteiger partial charge on any atom is -0.480 e. The van der Waals surface area contributed by atoms with Crippen LogP contribution in [0.25, 0.3) is 0 Å². The molecule has 0 aliphatic rings. The molecule has 0 aromatic carbocycles. The first-order valence-electron chi connectivity index (χ1n) is 15.5. The van der Waals surface area contributed by atoms with Crippen LogP contribution in [0.5, 0.6) is 0 Å². The lowest BCUT2D eigenvalue weighted by Gasteiger charge is -2.18. The summed E-state index contributed by atoms with van der Waals surface area (Å²) in [6.45, 7) is 4.07. The molecular formula is C32H57NO5. The van der Waals surface area contributed by atoms with Gasteiger partial charge in [0.25, 0.3) is 0 Å². The van der Waals surface area contributed by atoms with E-state index in [9.17, 15) is 14.4 Å². The van der Waals surface area contributed by atoms with Crippen molar-refractivity contribution in [1.29, 1.82) is 0 Å². The van der Waals surface area contributed by atoms with Gasteiger partial charge in [0.1, 0.15) is 12.6 Å². The van der Waals surface area contributed by atoms with Gasteiger partial charge in [-0.3, -0.25) is 14.4 Å². The van der Waals surface area contributed by atoms with Crippen molar-refractivity contribution in [3.05, 3.63) is 24.3 Å². The number of esters is 1. The van der Waals surface area contributed by atoms with Crippen LogP contribution in [0.2, 0.25) is 0 Å². The van der Waals surface area contributed by atoms with Crippen molar-refractivity contribution in [2.75, 3.05) is 6.54 Å². The predicted octanol–water partition coefficient (Wildman–Crippen LogP) is 8.44. The van der Waals surface area contributed by atoms with E-state index in [1.165, 1.54) is 44.9 Å². The summed E-state index contributed by atoms with van der Waals surface area (Å²) >= 11 is 0. The number of carboxylic acid groups (broad SMARTS) is 1. The van der Waals surface area contributed by atoms with E-state index in [4.69, 9.17) is 9.84 Å². The normalized spacial score (nSPS) is 12.3. The van der Waals surface area contributed by atoms with E-state index in [2.05, 4.69) is 43.5 Å². The topological polar surface area (TPSA) is 92.7 Å². The second-order valence-corrected chi connectivity index (χ2v) is 10.4. The number of carbonyl (C=O) groups is 3. The zero-order chi connectivity index (χ0) is 28.1. The summed E-state index contributed by atoms with van der Waals surface area (Å²) in [4.78, 5) is 34.5. The number of carboxylic acids is 1. The number of nitrogens with one attached hydrogen (secondary N) is 1. The van der Waals surface area contributed by atoms with Crippen LogP contribution in [0, 0.1) is 0 Å². The molecular weight excluding hydrogens is 478 g/mol. The Kier molecular flexibility index (Phi) is 26.4. The molecule has 6 heteroatoms. The van der Waals surface area contributed by atoms with Crippen molar-refractivity contribution < 1.29 is 24.2 Å². The maximum absolute atomic E-state index is 12.4. The van der Waals surface area contributed by atoms with Gasteiger partial charge >= 0.3 is 11.9 Å². The third kappa shape index (κ3) is 26.9. The van der Waals surface area contributed by atoms with Crippen molar-refractivity contribution in [2.24, 2.45) is 0 Å². The molecule has 2 N–H and O–H groups in total. The van der Waals surface area contributed by atoms with E-state index in [0.717, 1.165) is 70.6 Å². The summed E-state index contributed by atoms with van der Waals surface area (Å²) in [6.07, 6.45) is 30.3. The Balaban J connectivity index is 3.89. The molecule has 0 aliphatic heterocycles. The van der Waals surface area contributed by atoms with E-state index in [0.29, 0.717) is 19.3 Å². The summed E-state index contributed by atoms with van der Waals surface area (Å²) in [7, 11) is 0. The number of rotatable bonds is 27. The second-order valence-electron chi connectivity index (χ2n) is 10.4. The van der Waals surface area contributed by atoms with Gasteiger partial charge in [-0.25, -0.2) is 0 Å². The first-order chi connectivity index (χ1) is 18.5. The third-order valence-electron chi connectivity index (χ3n) is 6.63. The van der Waals surface area contributed by atoms with E-state index < -0.39 is 5.97 Å². The maximum atomic E-state index is 12.4. The molecule has 0 aromatic rings. The average Bonchev–Trinajstić information content (AvgIpc) is 2.89. The number of ether oxygens (including phenoxy) is 1. The Morgan fingerprint density at radius 3 is 1.87 bits per heavy atom. The van der Waals surface area contributed by atoms with E-state index in [1.807, 2.05) is 0 Å². The fourth-order valence-corrected chi connectivity index (χ4v) is 4.31. The van der Waals surface area contributed by atoms with Crippen LogP contribution < -0.4 is 5.32 Å². The quantitative estimate of drug-likeness (QED) is 0.0625. The summed E-state index contributed by atoms with van der Waals surface area (Å²) in [5, 5.41) is 11.0. The van der Waals surface area contributed by atoms with Crippen LogP contribution in [0.3, 0.4) is 0 Å². The Morgan fingerprint density at radius 1 is 0.684 bits per heavy atom. The van der Waals surface area contributed by atoms with Crippen molar-refractivity contribution in [3.8, 4) is 0 Å². The highest BCUT2D eigenvalue weighted by molar-refractivity contribution is 5.80. The Labute approximate surface area is 233 Å². The van der Waals surface area contributed by atoms with Gasteiger partial charge in [0.15, 0.2) is 0 Å². The number of allylic oxidation sites excluding steroid dienone is 4. The molecule has 220 valence electrons. The van der Waals surface area contributed by atoms with Gasteiger partial charge < -0.3 is 15.2 Å². The molecule has 1 unspecified atom stereocenters. The SMILES string of the molecule is CCCCC/C=C\C/C=C\CCCCCCCC(=O)OC(CCCCC)CCCCCC(=O)NCC(=O)O. The van der Waals surface area contributed by atoms with Gasteiger partial charge in [-0.2, -0.15) is 0 Å². The molecule has 0 aliphatic carbocycles. The summed E-state index contributed by atoms with van der Waals surface area (Å²) < 4.78 is 5.81. The Bertz CT molecular complexity index is 644. The predicted molar refractivity (Wildman–Crippen MR) is 157 cm³/mol. The fraction of sp³-hybridized carbons (Fsp3) is 0.781. The summed E-state index contributed by atoms with van der Waals surface area (Å²) in [5.41, 5.74) is 0. The molecule has 0 saturated carbocycles. The lowest BCUT2D eigenvalue weighted by atomic mass is 10.0. The van der Waals surface area contributed by atoms with Gasteiger partial charge in [0, 0.05) is 12.8 Å². The maximum Gasteiger partial charge on any atom is 0.322 e. The van der Waals surface area contributed by atoms with Crippen molar-refractivity contribution in [1.82, 2.24) is 5.32 Å². The molecule has 0 rings (SSSR count). The molecule has 38 heavy (non-hydrogen) atoms. The lowest BCUT2D eigenvalue weighted by molar-refractivity contribution is -0.150. The highest BCUT2D eigenvalue weighted by Gasteiger charge is 2.14. The van der Waals surface area contributed by atoms with E-state index in [1.54, 1.807) is 0 Å². The summed E-state index contributed by atoms with van der Waals surface area (Å²) in [5.74, 6) is -1.34. The van der Waals surface area contributed by atoms with Crippen molar-refractivity contribution >= 4 is 17.8 Å². The lowest BCUT2D eigenvalue weighted by Crippen LogP contribution is -2.28. The van der Waals surface area contributed by atoms with Gasteiger partial charge in [-0.1, -0.05) is 89.5 Å². The molecule has 6 nitrogen and oxygen atoms in total. The van der Waals surface area contributed by atoms with Crippen molar-refractivity contribution in [2.45, 2.75) is 155 Å². The first kappa shape index (κ1) is 35.9. The van der Waals surface area contributed by atoms with Crippen LogP contribution >= 0.6 is 0 Å². The second kappa shape index (κ2) is 27.9.